The summed E-state index contributed by atoms with van der Waals surface area (Å²) in [5.74, 6) is 5.17. The van der Waals surface area contributed by atoms with Gasteiger partial charge in [0.2, 0.25) is 0 Å². The van der Waals surface area contributed by atoms with Gasteiger partial charge in [0, 0.05) is 24.4 Å². The van der Waals surface area contributed by atoms with Gasteiger partial charge >= 0.3 is 0 Å². The Balaban J connectivity index is 1.36. The summed E-state index contributed by atoms with van der Waals surface area (Å²) in [5.41, 5.74) is 7.15. The van der Waals surface area contributed by atoms with Crippen LogP contribution in [0.2, 0.25) is 0 Å². The molecule has 5 heterocycles. The van der Waals surface area contributed by atoms with E-state index in [4.69, 9.17) is 10.5 Å². The molecule has 2 aliphatic carbocycles. The number of hydrogen-bond acceptors (Lipinski definition) is 6. The average Bonchev–Trinajstić information content (AvgIpc) is 3.64. The Morgan fingerprint density at radius 3 is 2.75 bits per heavy atom. The molecule has 40 heavy (non-hydrogen) atoms. The van der Waals surface area contributed by atoms with Crippen LogP contribution < -0.4 is 5.73 Å². The Bertz CT molecular complexity index is 1550. The summed E-state index contributed by atoms with van der Waals surface area (Å²) >= 11 is 0. The second-order valence-corrected chi connectivity index (χ2v) is 11.6. The van der Waals surface area contributed by atoms with E-state index >= 15 is 4.39 Å². The van der Waals surface area contributed by atoms with Gasteiger partial charge in [0.1, 0.15) is 23.3 Å². The summed E-state index contributed by atoms with van der Waals surface area (Å²) in [6.45, 7) is 0.619. The molecule has 3 aliphatic heterocycles. The van der Waals surface area contributed by atoms with E-state index in [1.165, 1.54) is 6.07 Å². The van der Waals surface area contributed by atoms with Gasteiger partial charge < -0.3 is 25.3 Å². The Morgan fingerprint density at radius 2 is 2.02 bits per heavy atom. The smallest absolute Gasteiger partial charge is 0.269 e. The van der Waals surface area contributed by atoms with Crippen molar-refractivity contribution in [3.05, 3.63) is 58.4 Å². The van der Waals surface area contributed by atoms with Crippen molar-refractivity contribution in [1.82, 2.24) is 19.3 Å². The van der Waals surface area contributed by atoms with Crippen molar-refractivity contribution in [3.63, 3.8) is 0 Å². The summed E-state index contributed by atoms with van der Waals surface area (Å²) in [5, 5.41) is 26.9. The summed E-state index contributed by atoms with van der Waals surface area (Å²) in [4.78, 5) is 17.4. The van der Waals surface area contributed by atoms with Crippen LogP contribution >= 0.6 is 0 Å². The lowest BCUT2D eigenvalue weighted by atomic mass is 9.75. The maximum Gasteiger partial charge on any atom is 0.269 e. The number of aromatic nitrogens is 4. The van der Waals surface area contributed by atoms with E-state index in [1.807, 2.05) is 4.57 Å². The lowest BCUT2D eigenvalue weighted by Gasteiger charge is -2.36. The summed E-state index contributed by atoms with van der Waals surface area (Å²) in [6.07, 6.45) is 7.22. The van der Waals surface area contributed by atoms with E-state index < -0.39 is 23.4 Å². The van der Waals surface area contributed by atoms with Crippen LogP contribution in [0.15, 0.2) is 24.4 Å². The number of aliphatic hydroxyl groups is 2. The fourth-order valence-corrected chi connectivity index (χ4v) is 6.82. The highest BCUT2D eigenvalue weighted by Gasteiger charge is 2.43. The quantitative estimate of drug-likeness (QED) is 0.427. The van der Waals surface area contributed by atoms with Gasteiger partial charge in [-0.2, -0.15) is 5.10 Å². The minimum absolute atomic E-state index is 0.0201. The molecule has 9 nitrogen and oxygen atoms in total. The molecule has 4 N–H and O–H groups in total. The maximum absolute atomic E-state index is 15.3. The molecule has 2 aromatic heterocycles. The zero-order valence-electron chi connectivity index (χ0n) is 22.1. The molecule has 3 aromatic rings. The molecular weight excluding hydrogens is 513 g/mol. The number of carbonyl (C=O) groups is 1. The molecule has 2 atom stereocenters. The minimum Gasteiger partial charge on any atom is -0.380 e. The Morgan fingerprint density at radius 1 is 1.23 bits per heavy atom. The number of carbonyl (C=O) groups excluding carboxylic acids is 1. The Kier molecular flexibility index (Phi) is 6.07. The van der Waals surface area contributed by atoms with E-state index in [0.29, 0.717) is 42.2 Å². The van der Waals surface area contributed by atoms with Crippen molar-refractivity contribution in [3.8, 4) is 23.2 Å². The molecule has 2 unspecified atom stereocenters. The van der Waals surface area contributed by atoms with Gasteiger partial charge in [0.25, 0.3) is 5.91 Å². The molecule has 0 spiro atoms. The average molecular weight is 546 g/mol. The van der Waals surface area contributed by atoms with E-state index in [1.54, 1.807) is 23.0 Å². The molecule has 5 aliphatic rings. The van der Waals surface area contributed by atoms with Gasteiger partial charge in [0.15, 0.2) is 11.9 Å². The topological polar surface area (TPSA) is 128 Å². The van der Waals surface area contributed by atoms with E-state index in [0.717, 1.165) is 50.5 Å². The lowest BCUT2D eigenvalue weighted by molar-refractivity contribution is -0.0438. The third-order valence-electron chi connectivity index (χ3n) is 9.01. The lowest BCUT2D eigenvalue weighted by Crippen LogP contribution is -2.28. The third kappa shape index (κ3) is 4.07. The van der Waals surface area contributed by atoms with Crippen LogP contribution in [0.3, 0.4) is 0 Å². The predicted octanol–water partition coefficient (Wildman–Crippen LogP) is 3.85. The van der Waals surface area contributed by atoms with Crippen LogP contribution in [-0.2, 0) is 4.74 Å². The number of primary amides is 1. The van der Waals surface area contributed by atoms with Gasteiger partial charge in [-0.05, 0) is 87.5 Å². The first-order valence-corrected chi connectivity index (χ1v) is 14.2. The zero-order chi connectivity index (χ0) is 27.6. The molecule has 8 rings (SSSR count). The molecule has 2 bridgehead atoms. The standard InChI is InChI=1S/C30H32FN5O4/c31-22-16-20-18-13-19(14-18)35-26(27(37)23-7-11-33-36(23)24-5-1-4-12-40-24)25(28(32)38)34-29(35)21(20)15-17(22)6-10-30(39)8-2-3-9-30/h7,11,15-16,18-19,24,27,37,39H,1-5,8-9,12-14H2,(H2,32,38). The fraction of sp³-hybridized carbons (Fsp3) is 0.500. The van der Waals surface area contributed by atoms with Crippen LogP contribution in [-0.4, -0.2) is 47.7 Å². The van der Waals surface area contributed by atoms with Gasteiger partial charge in [-0.1, -0.05) is 11.8 Å². The van der Waals surface area contributed by atoms with Crippen LogP contribution in [0.1, 0.15) is 115 Å². The number of halogens is 1. The molecular formula is C30H32FN5O4. The zero-order valence-corrected chi connectivity index (χ0v) is 22.1. The van der Waals surface area contributed by atoms with Crippen molar-refractivity contribution in [2.75, 3.05) is 6.61 Å². The van der Waals surface area contributed by atoms with Gasteiger partial charge in [0.05, 0.1) is 17.0 Å². The van der Waals surface area contributed by atoms with Crippen molar-refractivity contribution >= 4 is 5.91 Å². The van der Waals surface area contributed by atoms with E-state index in [-0.39, 0.29) is 29.4 Å². The molecule has 2 saturated carbocycles. The number of rotatable bonds is 4. The predicted molar refractivity (Wildman–Crippen MR) is 143 cm³/mol. The first-order valence-electron chi connectivity index (χ1n) is 14.2. The number of amides is 1. The van der Waals surface area contributed by atoms with Crippen molar-refractivity contribution in [1.29, 1.82) is 0 Å². The third-order valence-corrected chi connectivity index (χ3v) is 9.01. The van der Waals surface area contributed by atoms with Gasteiger partial charge in [-0.3, -0.25) is 4.79 Å². The van der Waals surface area contributed by atoms with E-state index in [9.17, 15) is 15.0 Å². The highest BCUT2D eigenvalue weighted by atomic mass is 19.1. The second-order valence-electron chi connectivity index (χ2n) is 11.6. The highest BCUT2D eigenvalue weighted by Crippen LogP contribution is 2.54. The number of benzene rings is 1. The summed E-state index contributed by atoms with van der Waals surface area (Å²) in [7, 11) is 0. The molecule has 1 amide bonds. The van der Waals surface area contributed by atoms with Crippen LogP contribution in [0.25, 0.3) is 11.4 Å². The van der Waals surface area contributed by atoms with Crippen molar-refractivity contribution < 1.29 is 24.1 Å². The van der Waals surface area contributed by atoms with Gasteiger partial charge in [-0.15, -0.1) is 0 Å². The fourth-order valence-electron chi connectivity index (χ4n) is 6.82. The van der Waals surface area contributed by atoms with Gasteiger partial charge in [-0.25, -0.2) is 14.1 Å². The van der Waals surface area contributed by atoms with Crippen LogP contribution in [0, 0.1) is 17.7 Å². The molecule has 208 valence electrons. The summed E-state index contributed by atoms with van der Waals surface area (Å²) in [6, 6.07) is 4.87. The van der Waals surface area contributed by atoms with Crippen LogP contribution in [0.4, 0.5) is 4.39 Å². The number of imidazole rings is 1. The SMILES string of the molecule is NC(=O)c1nc2n(c1C(O)c1ccnn1C1CCCCO1)C1CC(C1)c1cc(F)c(C#CC3(O)CCCC3)cc1-2. The first kappa shape index (κ1) is 25.4. The second kappa shape index (κ2) is 9.54. The van der Waals surface area contributed by atoms with Crippen molar-refractivity contribution in [2.24, 2.45) is 5.73 Å². The Hall–Kier alpha value is -3.52. The number of nitrogens with zero attached hydrogens (tertiary/aromatic N) is 4. The molecule has 3 fully saturated rings. The Labute approximate surface area is 231 Å². The molecule has 1 aromatic carbocycles. The van der Waals surface area contributed by atoms with Crippen molar-refractivity contribution in [2.45, 2.75) is 87.7 Å². The maximum atomic E-state index is 15.3. The normalized spacial score (nSPS) is 25.1. The first-order chi connectivity index (χ1) is 19.3. The van der Waals surface area contributed by atoms with Crippen LogP contribution in [0.5, 0.6) is 0 Å². The monoisotopic (exact) mass is 545 g/mol. The summed E-state index contributed by atoms with van der Waals surface area (Å²) < 4.78 is 24.8. The number of aliphatic hydroxyl groups excluding tert-OH is 1. The van der Waals surface area contributed by atoms with E-state index in [2.05, 4.69) is 21.9 Å². The molecule has 10 heteroatoms. The molecule has 0 radical (unpaired) electrons. The number of ether oxygens (including phenoxy) is 1. The highest BCUT2D eigenvalue weighted by molar-refractivity contribution is 5.93. The number of hydrogen-bond donors (Lipinski definition) is 3. The number of nitrogens with two attached hydrogens (primary N) is 1. The molecule has 1 saturated heterocycles. The minimum atomic E-state index is -1.23. The largest absolute Gasteiger partial charge is 0.380 e.